The normalized spacial score (nSPS) is 12.3. The number of thiophene rings is 1. The molecule has 0 saturated heterocycles. The fourth-order valence-corrected chi connectivity index (χ4v) is 3.30. The van der Waals surface area contributed by atoms with Crippen LogP contribution in [0.1, 0.15) is 17.8 Å². The second-order valence-corrected chi connectivity index (χ2v) is 6.72. The Morgan fingerprint density at radius 3 is 2.95 bits per heavy atom. The number of hydrogen-bond donors (Lipinski definition) is 1. The first-order valence-electron chi connectivity index (χ1n) is 6.06. The van der Waals surface area contributed by atoms with Crippen molar-refractivity contribution in [1.29, 1.82) is 0 Å². The molecule has 5 nitrogen and oxygen atoms in total. The number of anilines is 1. The number of nitrogens with one attached hydrogen (secondary N) is 1. The van der Waals surface area contributed by atoms with Gasteiger partial charge in [0.25, 0.3) is 0 Å². The lowest BCUT2D eigenvalue weighted by Crippen LogP contribution is -2.09. The van der Waals surface area contributed by atoms with E-state index in [4.69, 9.17) is 0 Å². The maximum Gasteiger partial charge on any atom is 0.178 e. The monoisotopic (exact) mass is 349 g/mol. The van der Waals surface area contributed by atoms with Crippen molar-refractivity contribution < 1.29 is 0 Å². The molecule has 0 saturated carbocycles. The Morgan fingerprint density at radius 1 is 1.35 bits per heavy atom. The van der Waals surface area contributed by atoms with Gasteiger partial charge in [0.1, 0.15) is 12.7 Å². The number of nitrogens with zero attached hydrogens (tertiary/aromatic N) is 4. The molecule has 20 heavy (non-hydrogen) atoms. The van der Waals surface area contributed by atoms with Crippen LogP contribution in [0.15, 0.2) is 46.9 Å². The second-order valence-electron chi connectivity index (χ2n) is 4.22. The lowest BCUT2D eigenvalue weighted by molar-refractivity contribution is 0.832. The van der Waals surface area contributed by atoms with Gasteiger partial charge in [-0.05, 0) is 47.1 Å². The van der Waals surface area contributed by atoms with Crippen molar-refractivity contribution in [3.05, 3.63) is 51.8 Å². The highest BCUT2D eigenvalue weighted by Crippen LogP contribution is 2.30. The van der Waals surface area contributed by atoms with Gasteiger partial charge in [-0.2, -0.15) is 5.10 Å². The highest BCUT2D eigenvalue weighted by molar-refractivity contribution is 9.11. The maximum atomic E-state index is 4.37. The van der Waals surface area contributed by atoms with E-state index in [2.05, 4.69) is 55.4 Å². The molecular formula is C13H12BrN5S. The van der Waals surface area contributed by atoms with E-state index in [1.807, 2.05) is 12.1 Å². The summed E-state index contributed by atoms with van der Waals surface area (Å²) in [5.41, 5.74) is 0.926. The third kappa shape index (κ3) is 2.73. The number of rotatable bonds is 4. The fraction of sp³-hybridized carbons (Fsp3) is 0.154. The van der Waals surface area contributed by atoms with Crippen molar-refractivity contribution in [3.63, 3.8) is 0 Å². The van der Waals surface area contributed by atoms with Crippen molar-refractivity contribution in [3.8, 4) is 5.82 Å². The topological polar surface area (TPSA) is 55.6 Å². The smallest absolute Gasteiger partial charge is 0.178 e. The van der Waals surface area contributed by atoms with Crippen LogP contribution in [0.2, 0.25) is 0 Å². The molecule has 3 aromatic rings. The van der Waals surface area contributed by atoms with E-state index >= 15 is 0 Å². The van der Waals surface area contributed by atoms with E-state index in [0.29, 0.717) is 0 Å². The number of pyridine rings is 1. The minimum Gasteiger partial charge on any atom is -0.375 e. The van der Waals surface area contributed by atoms with Crippen LogP contribution in [0.25, 0.3) is 5.82 Å². The molecule has 1 unspecified atom stereocenters. The van der Waals surface area contributed by atoms with Crippen molar-refractivity contribution in [2.24, 2.45) is 0 Å². The Bertz CT molecular complexity index is 694. The van der Waals surface area contributed by atoms with E-state index in [1.54, 1.807) is 28.5 Å². The maximum absolute atomic E-state index is 4.37. The summed E-state index contributed by atoms with van der Waals surface area (Å²) in [4.78, 5) is 9.58. The Morgan fingerprint density at radius 2 is 2.25 bits per heavy atom. The van der Waals surface area contributed by atoms with Crippen LogP contribution >= 0.6 is 27.3 Å². The van der Waals surface area contributed by atoms with E-state index < -0.39 is 0 Å². The molecule has 0 fully saturated rings. The molecule has 0 aliphatic rings. The zero-order valence-corrected chi connectivity index (χ0v) is 13.1. The van der Waals surface area contributed by atoms with Crippen LogP contribution < -0.4 is 5.32 Å². The molecule has 0 amide bonds. The first kappa shape index (κ1) is 13.3. The van der Waals surface area contributed by atoms with Gasteiger partial charge in [0.05, 0.1) is 15.5 Å². The molecule has 3 rings (SSSR count). The average Bonchev–Trinajstić information content (AvgIpc) is 3.10. The summed E-state index contributed by atoms with van der Waals surface area (Å²) in [6.45, 7) is 2.12. The van der Waals surface area contributed by atoms with Gasteiger partial charge < -0.3 is 5.32 Å². The third-order valence-corrected chi connectivity index (χ3v) is 4.62. The highest BCUT2D eigenvalue weighted by Gasteiger charge is 2.12. The zero-order valence-electron chi connectivity index (χ0n) is 10.7. The van der Waals surface area contributed by atoms with Crippen LogP contribution in [0, 0.1) is 0 Å². The predicted molar refractivity (Wildman–Crippen MR) is 83.2 cm³/mol. The molecule has 7 heteroatoms. The summed E-state index contributed by atoms with van der Waals surface area (Å²) in [6.07, 6.45) is 4.88. The summed E-state index contributed by atoms with van der Waals surface area (Å²) in [5.74, 6) is 0.743. The van der Waals surface area contributed by atoms with E-state index in [1.165, 1.54) is 11.2 Å². The van der Waals surface area contributed by atoms with Crippen molar-refractivity contribution in [1.82, 2.24) is 19.7 Å². The largest absolute Gasteiger partial charge is 0.375 e. The van der Waals surface area contributed by atoms with Crippen LogP contribution in [0.3, 0.4) is 0 Å². The first-order valence-corrected chi connectivity index (χ1v) is 7.67. The van der Waals surface area contributed by atoms with Gasteiger partial charge in [0, 0.05) is 11.1 Å². The van der Waals surface area contributed by atoms with Crippen molar-refractivity contribution >= 4 is 33.0 Å². The van der Waals surface area contributed by atoms with Gasteiger partial charge in [0.15, 0.2) is 5.82 Å². The predicted octanol–water partition coefficient (Wildman–Crippen LogP) is 3.66. The number of aromatic nitrogens is 4. The Labute approximate surface area is 128 Å². The molecule has 1 atom stereocenters. The fourth-order valence-electron chi connectivity index (χ4n) is 1.88. The molecule has 0 aliphatic heterocycles. The van der Waals surface area contributed by atoms with Crippen LogP contribution in [0.5, 0.6) is 0 Å². The minimum absolute atomic E-state index is 0.192. The average molecular weight is 350 g/mol. The first-order chi connectivity index (χ1) is 9.74. The minimum atomic E-state index is 0.192. The summed E-state index contributed by atoms with van der Waals surface area (Å²) < 4.78 is 2.78. The molecule has 0 aliphatic carbocycles. The SMILES string of the molecule is CC(Nc1cccnc1-n1cncn1)c1ccc(Br)s1. The summed E-state index contributed by atoms with van der Waals surface area (Å²) in [7, 11) is 0. The van der Waals surface area contributed by atoms with Gasteiger partial charge in [0.2, 0.25) is 0 Å². The lowest BCUT2D eigenvalue weighted by atomic mass is 10.2. The van der Waals surface area contributed by atoms with Gasteiger partial charge in [-0.25, -0.2) is 14.6 Å². The van der Waals surface area contributed by atoms with Gasteiger partial charge in [-0.15, -0.1) is 11.3 Å². The Kier molecular flexibility index (Phi) is 3.79. The molecule has 1 N–H and O–H groups in total. The van der Waals surface area contributed by atoms with E-state index in [-0.39, 0.29) is 6.04 Å². The summed E-state index contributed by atoms with van der Waals surface area (Å²) >= 11 is 5.21. The van der Waals surface area contributed by atoms with E-state index in [9.17, 15) is 0 Å². The standard InChI is InChI=1S/C13H12BrN5S/c1-9(11-4-5-12(14)20-11)18-10-3-2-6-16-13(10)19-8-15-7-17-19/h2-9,18H,1H3. The van der Waals surface area contributed by atoms with Crippen LogP contribution in [-0.4, -0.2) is 19.7 Å². The quantitative estimate of drug-likeness (QED) is 0.780. The van der Waals surface area contributed by atoms with Gasteiger partial charge in [-0.3, -0.25) is 0 Å². The van der Waals surface area contributed by atoms with Crippen molar-refractivity contribution in [2.45, 2.75) is 13.0 Å². The van der Waals surface area contributed by atoms with Gasteiger partial charge >= 0.3 is 0 Å². The summed E-state index contributed by atoms with van der Waals surface area (Å²) in [6, 6.07) is 8.25. The van der Waals surface area contributed by atoms with Crippen LogP contribution in [-0.2, 0) is 0 Å². The summed E-state index contributed by atoms with van der Waals surface area (Å²) in [5, 5.41) is 7.60. The molecule has 0 bridgehead atoms. The molecule has 0 spiro atoms. The number of halogens is 1. The molecular weight excluding hydrogens is 338 g/mol. The Balaban J connectivity index is 1.88. The molecule has 0 radical (unpaired) electrons. The third-order valence-electron chi connectivity index (χ3n) is 2.82. The Hall–Kier alpha value is -1.73. The molecule has 3 heterocycles. The highest BCUT2D eigenvalue weighted by atomic mass is 79.9. The molecule has 102 valence electrons. The van der Waals surface area contributed by atoms with Gasteiger partial charge in [-0.1, -0.05) is 0 Å². The number of hydrogen-bond acceptors (Lipinski definition) is 5. The van der Waals surface area contributed by atoms with Crippen molar-refractivity contribution in [2.75, 3.05) is 5.32 Å². The molecule has 0 aromatic carbocycles. The molecule has 3 aromatic heterocycles. The zero-order chi connectivity index (χ0) is 13.9. The van der Waals surface area contributed by atoms with E-state index in [0.717, 1.165) is 15.3 Å². The lowest BCUT2D eigenvalue weighted by Gasteiger charge is -2.16. The second kappa shape index (κ2) is 5.72. The van der Waals surface area contributed by atoms with Crippen LogP contribution in [0.4, 0.5) is 5.69 Å².